The van der Waals surface area contributed by atoms with Crippen LogP contribution in [-0.4, -0.2) is 30.9 Å². The van der Waals surface area contributed by atoms with Gasteiger partial charge in [0.2, 0.25) is 5.91 Å². The first-order chi connectivity index (χ1) is 9.38. The first-order valence-electron chi connectivity index (χ1n) is 6.92. The van der Waals surface area contributed by atoms with Crippen LogP contribution in [0.1, 0.15) is 26.7 Å². The van der Waals surface area contributed by atoms with E-state index in [4.69, 9.17) is 17.3 Å². The van der Waals surface area contributed by atoms with Crippen LogP contribution >= 0.6 is 11.6 Å². The van der Waals surface area contributed by atoms with E-state index in [1.807, 2.05) is 7.05 Å². The fourth-order valence-electron chi connectivity index (χ4n) is 1.74. The Bertz CT molecular complexity index is 449. The highest BCUT2D eigenvalue weighted by molar-refractivity contribution is 6.31. The number of benzene rings is 1. The number of carbonyl (C=O) groups is 1. The van der Waals surface area contributed by atoms with Gasteiger partial charge in [0.05, 0.1) is 11.4 Å². The molecule has 0 atom stereocenters. The fourth-order valence-corrected chi connectivity index (χ4v) is 1.92. The number of nitrogen functional groups attached to an aromatic ring is 1. The summed E-state index contributed by atoms with van der Waals surface area (Å²) in [6.45, 7) is 6.15. The van der Waals surface area contributed by atoms with Gasteiger partial charge in [-0.3, -0.25) is 4.79 Å². The van der Waals surface area contributed by atoms with Gasteiger partial charge in [0.15, 0.2) is 0 Å². The lowest BCUT2D eigenvalue weighted by molar-refractivity contribution is -0.116. The van der Waals surface area contributed by atoms with Crippen LogP contribution in [0.3, 0.4) is 0 Å². The molecule has 0 heterocycles. The summed E-state index contributed by atoms with van der Waals surface area (Å²) in [5, 5.41) is 3.37. The molecular formula is C15H24ClN3O. The molecule has 1 amide bonds. The molecule has 112 valence electrons. The lowest BCUT2D eigenvalue weighted by atomic mass is 10.1. The third kappa shape index (κ3) is 6.26. The van der Waals surface area contributed by atoms with E-state index in [-0.39, 0.29) is 5.91 Å². The molecule has 5 heteroatoms. The zero-order chi connectivity index (χ0) is 15.1. The predicted molar refractivity (Wildman–Crippen MR) is 86.1 cm³/mol. The molecule has 1 aromatic carbocycles. The van der Waals surface area contributed by atoms with E-state index < -0.39 is 0 Å². The number of carbonyl (C=O) groups excluding carboxylic acids is 1. The molecule has 0 unspecified atom stereocenters. The summed E-state index contributed by atoms with van der Waals surface area (Å²) >= 11 is 5.82. The maximum absolute atomic E-state index is 11.9. The molecule has 0 bridgehead atoms. The summed E-state index contributed by atoms with van der Waals surface area (Å²) in [6, 6.07) is 5.06. The monoisotopic (exact) mass is 297 g/mol. The number of hydrogen-bond acceptors (Lipinski definition) is 3. The second-order valence-corrected chi connectivity index (χ2v) is 5.95. The van der Waals surface area contributed by atoms with Crippen LogP contribution in [0, 0.1) is 5.92 Å². The van der Waals surface area contributed by atoms with Crippen LogP contribution in [0.25, 0.3) is 0 Å². The van der Waals surface area contributed by atoms with Crippen LogP contribution in [-0.2, 0) is 4.79 Å². The highest BCUT2D eigenvalue weighted by Crippen LogP contribution is 2.22. The van der Waals surface area contributed by atoms with Gasteiger partial charge in [-0.05, 0) is 44.1 Å². The van der Waals surface area contributed by atoms with Crippen molar-refractivity contribution < 1.29 is 4.79 Å². The van der Waals surface area contributed by atoms with Crippen LogP contribution < -0.4 is 11.1 Å². The van der Waals surface area contributed by atoms with Gasteiger partial charge in [0.1, 0.15) is 0 Å². The number of halogens is 1. The second kappa shape index (κ2) is 8.12. The van der Waals surface area contributed by atoms with Gasteiger partial charge >= 0.3 is 0 Å². The van der Waals surface area contributed by atoms with Crippen molar-refractivity contribution in [3.8, 4) is 0 Å². The van der Waals surface area contributed by atoms with Crippen molar-refractivity contribution in [2.45, 2.75) is 26.7 Å². The molecule has 1 aromatic rings. The Morgan fingerprint density at radius 3 is 2.70 bits per heavy atom. The lowest BCUT2D eigenvalue weighted by Crippen LogP contribution is -2.26. The van der Waals surface area contributed by atoms with Crippen LogP contribution in [0.2, 0.25) is 5.02 Å². The smallest absolute Gasteiger partial charge is 0.225 e. The van der Waals surface area contributed by atoms with Crippen molar-refractivity contribution in [2.75, 3.05) is 31.2 Å². The normalized spacial score (nSPS) is 11.1. The van der Waals surface area contributed by atoms with Gasteiger partial charge in [0, 0.05) is 18.0 Å². The molecule has 20 heavy (non-hydrogen) atoms. The Morgan fingerprint density at radius 1 is 1.40 bits per heavy atom. The molecule has 3 N–H and O–H groups in total. The largest absolute Gasteiger partial charge is 0.397 e. The molecule has 0 aromatic heterocycles. The third-order valence-electron chi connectivity index (χ3n) is 3.10. The number of nitrogens with two attached hydrogens (primary N) is 1. The zero-order valence-corrected chi connectivity index (χ0v) is 13.2. The predicted octanol–water partition coefficient (Wildman–Crippen LogP) is 3.23. The SMILES string of the molecule is CC(C)CCN(C)CCC(=O)Nc1ccc(Cl)cc1N. The number of anilines is 2. The average molecular weight is 298 g/mol. The summed E-state index contributed by atoms with van der Waals surface area (Å²) in [5.41, 5.74) is 6.90. The molecular weight excluding hydrogens is 274 g/mol. The van der Waals surface area contributed by atoms with E-state index in [0.717, 1.165) is 19.5 Å². The molecule has 1 rings (SSSR count). The molecule has 0 aliphatic heterocycles. The number of nitrogens with zero attached hydrogens (tertiary/aromatic N) is 1. The fraction of sp³-hybridized carbons (Fsp3) is 0.533. The number of hydrogen-bond donors (Lipinski definition) is 2. The second-order valence-electron chi connectivity index (χ2n) is 5.52. The van der Waals surface area contributed by atoms with Crippen molar-refractivity contribution in [3.63, 3.8) is 0 Å². The Morgan fingerprint density at radius 2 is 2.10 bits per heavy atom. The van der Waals surface area contributed by atoms with E-state index in [2.05, 4.69) is 24.1 Å². The van der Waals surface area contributed by atoms with Crippen molar-refractivity contribution in [3.05, 3.63) is 23.2 Å². The van der Waals surface area contributed by atoms with E-state index in [0.29, 0.717) is 28.7 Å². The highest BCUT2D eigenvalue weighted by Gasteiger charge is 2.08. The maximum atomic E-state index is 11.9. The van der Waals surface area contributed by atoms with Crippen LogP contribution in [0.15, 0.2) is 18.2 Å². The number of amides is 1. The van der Waals surface area contributed by atoms with Gasteiger partial charge in [0.25, 0.3) is 0 Å². The first kappa shape index (κ1) is 16.8. The molecule has 4 nitrogen and oxygen atoms in total. The summed E-state index contributed by atoms with van der Waals surface area (Å²) < 4.78 is 0. The Labute approximate surface area is 126 Å². The van der Waals surface area contributed by atoms with Gasteiger partial charge in [-0.1, -0.05) is 25.4 Å². The molecule has 0 saturated heterocycles. The van der Waals surface area contributed by atoms with Gasteiger partial charge in [-0.25, -0.2) is 0 Å². The summed E-state index contributed by atoms with van der Waals surface area (Å²) in [5.74, 6) is 0.649. The zero-order valence-electron chi connectivity index (χ0n) is 12.4. The molecule has 0 aliphatic rings. The van der Waals surface area contributed by atoms with Gasteiger partial charge in [-0.2, -0.15) is 0 Å². The van der Waals surface area contributed by atoms with E-state index >= 15 is 0 Å². The van der Waals surface area contributed by atoms with Gasteiger partial charge < -0.3 is 16.0 Å². The summed E-state index contributed by atoms with van der Waals surface area (Å²) in [6.07, 6.45) is 1.60. The topological polar surface area (TPSA) is 58.4 Å². The van der Waals surface area contributed by atoms with E-state index in [1.165, 1.54) is 0 Å². The van der Waals surface area contributed by atoms with E-state index in [1.54, 1.807) is 18.2 Å². The number of nitrogens with one attached hydrogen (secondary N) is 1. The van der Waals surface area contributed by atoms with E-state index in [9.17, 15) is 4.79 Å². The minimum atomic E-state index is -0.0320. The van der Waals surface area contributed by atoms with Crippen molar-refractivity contribution in [2.24, 2.45) is 5.92 Å². The standard InChI is InChI=1S/C15H24ClN3O/c1-11(2)6-8-19(3)9-7-15(20)18-14-5-4-12(16)10-13(14)17/h4-5,10-11H,6-9,17H2,1-3H3,(H,18,20). The summed E-state index contributed by atoms with van der Waals surface area (Å²) in [4.78, 5) is 14.0. The highest BCUT2D eigenvalue weighted by atomic mass is 35.5. The summed E-state index contributed by atoms with van der Waals surface area (Å²) in [7, 11) is 2.03. The first-order valence-corrected chi connectivity index (χ1v) is 7.29. The minimum Gasteiger partial charge on any atom is -0.397 e. The molecule has 0 fully saturated rings. The van der Waals surface area contributed by atoms with Crippen LogP contribution in [0.5, 0.6) is 0 Å². The Hall–Kier alpha value is -1.26. The molecule has 0 radical (unpaired) electrons. The van der Waals surface area contributed by atoms with Crippen molar-refractivity contribution in [1.82, 2.24) is 4.90 Å². The number of rotatable bonds is 7. The molecule has 0 spiro atoms. The van der Waals surface area contributed by atoms with Crippen molar-refractivity contribution in [1.29, 1.82) is 0 Å². The third-order valence-corrected chi connectivity index (χ3v) is 3.33. The van der Waals surface area contributed by atoms with Crippen molar-refractivity contribution >= 4 is 28.9 Å². The molecule has 0 aliphatic carbocycles. The molecule has 0 saturated carbocycles. The quantitative estimate of drug-likeness (QED) is 0.760. The Kier molecular flexibility index (Phi) is 6.82. The minimum absolute atomic E-state index is 0.0320. The average Bonchev–Trinajstić information content (AvgIpc) is 2.37. The van der Waals surface area contributed by atoms with Gasteiger partial charge in [-0.15, -0.1) is 0 Å². The lowest BCUT2D eigenvalue weighted by Gasteiger charge is -2.17. The Balaban J connectivity index is 2.36. The van der Waals surface area contributed by atoms with Crippen LogP contribution in [0.4, 0.5) is 11.4 Å². The maximum Gasteiger partial charge on any atom is 0.225 e.